The lowest BCUT2D eigenvalue weighted by atomic mass is 10.2. The highest BCUT2D eigenvalue weighted by atomic mass is 32.2. The predicted octanol–water partition coefficient (Wildman–Crippen LogP) is 4.09. The zero-order valence-electron chi connectivity index (χ0n) is 12.9. The molecule has 1 aromatic heterocycles. The topological polar surface area (TPSA) is 44.2 Å². The highest BCUT2D eigenvalue weighted by Crippen LogP contribution is 2.21. The first-order valence-corrected chi connectivity index (χ1v) is 7.87. The Hall–Kier alpha value is -1.43. The minimum absolute atomic E-state index is 0.445. The second-order valence-electron chi connectivity index (χ2n) is 3.84. The summed E-state index contributed by atoms with van der Waals surface area (Å²) in [4.78, 5) is 8.68. The van der Waals surface area contributed by atoms with Crippen LogP contribution in [0.25, 0.3) is 0 Å². The van der Waals surface area contributed by atoms with Crippen molar-refractivity contribution in [1.29, 1.82) is 0 Å². The summed E-state index contributed by atoms with van der Waals surface area (Å²) in [5.74, 6) is 0.842. The molecule has 114 valence electrons. The third-order valence-corrected chi connectivity index (χ3v) is 3.47. The standard InChI is InChI=1S/C14H16N2O2S.C2H6/c1-17-13(18-2)12-8-9-15-14(16-12)19-10-11-6-4-3-5-7-11;1-2/h3-9,13H,10H2,1-2H3;1-2H3. The summed E-state index contributed by atoms with van der Waals surface area (Å²) in [5, 5.41) is 0.723. The number of hydrogen-bond acceptors (Lipinski definition) is 5. The first kappa shape index (κ1) is 17.6. The number of thioether (sulfide) groups is 1. The van der Waals surface area contributed by atoms with Crippen LogP contribution in [-0.2, 0) is 15.2 Å². The van der Waals surface area contributed by atoms with Crippen LogP contribution in [0.15, 0.2) is 47.8 Å². The van der Waals surface area contributed by atoms with Crippen molar-refractivity contribution < 1.29 is 9.47 Å². The van der Waals surface area contributed by atoms with E-state index >= 15 is 0 Å². The molecule has 0 aliphatic heterocycles. The summed E-state index contributed by atoms with van der Waals surface area (Å²) in [5.41, 5.74) is 1.98. The smallest absolute Gasteiger partial charge is 0.200 e. The van der Waals surface area contributed by atoms with Crippen molar-refractivity contribution >= 4 is 11.8 Å². The van der Waals surface area contributed by atoms with Crippen LogP contribution in [-0.4, -0.2) is 24.2 Å². The first-order chi connectivity index (χ1) is 10.3. The highest BCUT2D eigenvalue weighted by molar-refractivity contribution is 7.98. The lowest BCUT2D eigenvalue weighted by Crippen LogP contribution is -2.06. The summed E-state index contributed by atoms with van der Waals surface area (Å²) < 4.78 is 10.4. The SMILES string of the molecule is CC.COC(OC)c1ccnc(SCc2ccccc2)n1. The monoisotopic (exact) mass is 306 g/mol. The van der Waals surface area contributed by atoms with Crippen LogP contribution < -0.4 is 0 Å². The van der Waals surface area contributed by atoms with Crippen LogP contribution in [0.1, 0.15) is 31.4 Å². The maximum Gasteiger partial charge on any atom is 0.200 e. The van der Waals surface area contributed by atoms with Crippen LogP contribution in [0.4, 0.5) is 0 Å². The number of nitrogens with zero attached hydrogens (tertiary/aromatic N) is 2. The molecule has 0 bridgehead atoms. The van der Waals surface area contributed by atoms with Gasteiger partial charge in [-0.2, -0.15) is 0 Å². The molecule has 0 atom stereocenters. The number of methoxy groups -OCH3 is 2. The normalized spacial score (nSPS) is 10.1. The van der Waals surface area contributed by atoms with Gasteiger partial charge in [-0.15, -0.1) is 0 Å². The maximum atomic E-state index is 5.18. The zero-order chi connectivity index (χ0) is 15.5. The van der Waals surface area contributed by atoms with Gasteiger partial charge in [0, 0.05) is 26.2 Å². The van der Waals surface area contributed by atoms with Crippen LogP contribution in [0, 0.1) is 0 Å². The second-order valence-corrected chi connectivity index (χ2v) is 4.78. The molecule has 5 heteroatoms. The van der Waals surface area contributed by atoms with Crippen molar-refractivity contribution in [1.82, 2.24) is 9.97 Å². The molecular formula is C16H22N2O2S. The van der Waals surface area contributed by atoms with Gasteiger partial charge in [0.1, 0.15) is 5.69 Å². The van der Waals surface area contributed by atoms with Gasteiger partial charge in [0.05, 0.1) is 0 Å². The van der Waals surface area contributed by atoms with Gasteiger partial charge >= 0.3 is 0 Å². The van der Waals surface area contributed by atoms with Crippen LogP contribution in [0.2, 0.25) is 0 Å². The predicted molar refractivity (Wildman–Crippen MR) is 86.1 cm³/mol. The number of aromatic nitrogens is 2. The van der Waals surface area contributed by atoms with Gasteiger partial charge in [0.15, 0.2) is 5.16 Å². The van der Waals surface area contributed by atoms with Crippen molar-refractivity contribution in [2.24, 2.45) is 0 Å². The average molecular weight is 306 g/mol. The molecule has 0 aliphatic rings. The molecule has 0 saturated carbocycles. The zero-order valence-corrected chi connectivity index (χ0v) is 13.8. The number of benzene rings is 1. The van der Waals surface area contributed by atoms with Crippen molar-refractivity contribution in [2.75, 3.05) is 14.2 Å². The van der Waals surface area contributed by atoms with E-state index in [0.29, 0.717) is 0 Å². The average Bonchev–Trinajstić information content (AvgIpc) is 2.57. The second kappa shape index (κ2) is 10.3. The van der Waals surface area contributed by atoms with Gasteiger partial charge in [0.2, 0.25) is 6.29 Å². The third kappa shape index (κ3) is 5.83. The van der Waals surface area contributed by atoms with E-state index in [4.69, 9.17) is 9.47 Å². The van der Waals surface area contributed by atoms with Crippen molar-refractivity contribution in [3.05, 3.63) is 53.9 Å². The van der Waals surface area contributed by atoms with Gasteiger partial charge in [-0.3, -0.25) is 0 Å². The molecule has 21 heavy (non-hydrogen) atoms. The molecule has 0 radical (unpaired) electrons. The van der Waals surface area contributed by atoms with E-state index in [-0.39, 0.29) is 0 Å². The Bertz CT molecular complexity index is 505. The van der Waals surface area contributed by atoms with Gasteiger partial charge in [-0.05, 0) is 11.6 Å². The molecule has 1 heterocycles. The molecule has 0 spiro atoms. The Kier molecular flexibility index (Phi) is 8.66. The summed E-state index contributed by atoms with van der Waals surface area (Å²) >= 11 is 1.59. The fraction of sp³-hybridized carbons (Fsp3) is 0.375. The number of hydrogen-bond donors (Lipinski definition) is 0. The van der Waals surface area contributed by atoms with E-state index in [0.717, 1.165) is 16.6 Å². The van der Waals surface area contributed by atoms with E-state index in [1.807, 2.05) is 32.0 Å². The number of rotatable bonds is 6. The van der Waals surface area contributed by atoms with Crippen molar-refractivity contribution in [3.63, 3.8) is 0 Å². The Labute approximate surface area is 130 Å². The van der Waals surface area contributed by atoms with Gasteiger partial charge in [-0.25, -0.2) is 9.97 Å². The molecule has 0 aliphatic carbocycles. The quantitative estimate of drug-likeness (QED) is 0.457. The van der Waals surface area contributed by atoms with Gasteiger partial charge in [-0.1, -0.05) is 55.9 Å². The minimum Gasteiger partial charge on any atom is -0.350 e. The molecule has 4 nitrogen and oxygen atoms in total. The fourth-order valence-corrected chi connectivity index (χ4v) is 2.41. The molecule has 0 amide bonds. The fourth-order valence-electron chi connectivity index (χ4n) is 1.61. The molecule has 2 aromatic rings. The maximum absolute atomic E-state index is 5.18. The van der Waals surface area contributed by atoms with Gasteiger partial charge < -0.3 is 9.47 Å². The summed E-state index contributed by atoms with van der Waals surface area (Å²) in [7, 11) is 3.18. The van der Waals surface area contributed by atoms with Crippen LogP contribution >= 0.6 is 11.8 Å². The summed E-state index contributed by atoms with van der Waals surface area (Å²) in [6.45, 7) is 4.00. The summed E-state index contributed by atoms with van der Waals surface area (Å²) in [6.07, 6.45) is 1.28. The Morgan fingerprint density at radius 3 is 2.33 bits per heavy atom. The van der Waals surface area contributed by atoms with Crippen LogP contribution in [0.5, 0.6) is 0 Å². The van der Waals surface area contributed by atoms with E-state index in [2.05, 4.69) is 22.1 Å². The van der Waals surface area contributed by atoms with E-state index in [1.165, 1.54) is 5.56 Å². The molecule has 1 aromatic carbocycles. The molecule has 0 fully saturated rings. The van der Waals surface area contributed by atoms with Crippen LogP contribution in [0.3, 0.4) is 0 Å². The van der Waals surface area contributed by atoms with E-state index < -0.39 is 6.29 Å². The van der Waals surface area contributed by atoms with E-state index in [1.54, 1.807) is 38.2 Å². The summed E-state index contributed by atoms with van der Waals surface area (Å²) in [6, 6.07) is 12.0. The highest BCUT2D eigenvalue weighted by Gasteiger charge is 2.11. The molecule has 0 unspecified atom stereocenters. The number of ether oxygens (including phenoxy) is 2. The van der Waals surface area contributed by atoms with Crippen molar-refractivity contribution in [3.8, 4) is 0 Å². The lowest BCUT2D eigenvalue weighted by molar-refractivity contribution is -0.109. The molecule has 0 saturated heterocycles. The van der Waals surface area contributed by atoms with E-state index in [9.17, 15) is 0 Å². The molecule has 0 N–H and O–H groups in total. The molecular weight excluding hydrogens is 284 g/mol. The Morgan fingerprint density at radius 1 is 1.05 bits per heavy atom. The lowest BCUT2D eigenvalue weighted by Gasteiger charge is -2.12. The largest absolute Gasteiger partial charge is 0.350 e. The van der Waals surface area contributed by atoms with Crippen molar-refractivity contribution in [2.45, 2.75) is 31.0 Å². The third-order valence-electron chi connectivity index (χ3n) is 2.54. The minimum atomic E-state index is -0.445. The first-order valence-electron chi connectivity index (χ1n) is 6.88. The Balaban J connectivity index is 0.00000106. The molecule has 2 rings (SSSR count). The Morgan fingerprint density at radius 2 is 1.71 bits per heavy atom. The van der Waals surface area contributed by atoms with Gasteiger partial charge in [0.25, 0.3) is 0 Å².